The van der Waals surface area contributed by atoms with Crippen molar-refractivity contribution in [3.63, 3.8) is 0 Å². The van der Waals surface area contributed by atoms with E-state index in [1.165, 1.54) is 23.1 Å². The summed E-state index contributed by atoms with van der Waals surface area (Å²) in [6.45, 7) is 1.96. The average molecular weight is 301 g/mol. The van der Waals surface area contributed by atoms with E-state index in [-0.39, 0.29) is 10.7 Å². The first-order chi connectivity index (χ1) is 9.10. The third-order valence-corrected chi connectivity index (χ3v) is 3.92. The van der Waals surface area contributed by atoms with E-state index in [1.54, 1.807) is 0 Å². The molecule has 1 aromatic heterocycles. The number of amides is 1. The molecule has 1 heterocycles. The number of hydrogen-bond acceptors (Lipinski definition) is 5. The van der Waals surface area contributed by atoms with Crippen molar-refractivity contribution >= 4 is 34.1 Å². The summed E-state index contributed by atoms with van der Waals surface area (Å²) in [5.41, 5.74) is -0.361. The summed E-state index contributed by atoms with van der Waals surface area (Å²) in [5, 5.41) is 10.2. The number of thioether (sulfide) groups is 1. The standard InChI is InChI=1S/C11H9F2N3OS2/c1-2-18-11-16-15-10(19-11)14-9(17)7-5-6(12)3-4-8(7)13/h3-5H,2H2,1H3,(H,14,15,17). The molecule has 0 aliphatic carbocycles. The molecule has 0 saturated heterocycles. The second-order valence-corrected chi connectivity index (χ2v) is 5.87. The van der Waals surface area contributed by atoms with E-state index in [0.29, 0.717) is 4.34 Å². The van der Waals surface area contributed by atoms with Crippen LogP contribution in [0, 0.1) is 11.6 Å². The maximum absolute atomic E-state index is 13.4. The zero-order valence-electron chi connectivity index (χ0n) is 9.81. The van der Waals surface area contributed by atoms with E-state index in [4.69, 9.17) is 0 Å². The second-order valence-electron chi connectivity index (χ2n) is 3.38. The molecule has 4 nitrogen and oxygen atoms in total. The summed E-state index contributed by atoms with van der Waals surface area (Å²) in [4.78, 5) is 11.8. The van der Waals surface area contributed by atoms with E-state index in [0.717, 1.165) is 24.0 Å². The van der Waals surface area contributed by atoms with Gasteiger partial charge in [-0.05, 0) is 24.0 Å². The Labute approximate surface area is 116 Å². The van der Waals surface area contributed by atoms with Gasteiger partial charge < -0.3 is 0 Å². The number of rotatable bonds is 4. The Balaban J connectivity index is 2.13. The maximum atomic E-state index is 13.4. The van der Waals surface area contributed by atoms with Crippen molar-refractivity contribution < 1.29 is 13.6 Å². The third-order valence-electron chi connectivity index (χ3n) is 2.07. The summed E-state index contributed by atoms with van der Waals surface area (Å²) in [6.07, 6.45) is 0. The average Bonchev–Trinajstić information content (AvgIpc) is 2.80. The lowest BCUT2D eigenvalue weighted by Gasteiger charge is -2.02. The van der Waals surface area contributed by atoms with E-state index < -0.39 is 17.5 Å². The Morgan fingerprint density at radius 1 is 1.42 bits per heavy atom. The first-order valence-electron chi connectivity index (χ1n) is 5.33. The topological polar surface area (TPSA) is 54.9 Å². The van der Waals surface area contributed by atoms with Gasteiger partial charge in [-0.15, -0.1) is 10.2 Å². The summed E-state index contributed by atoms with van der Waals surface area (Å²) in [5.74, 6) is -1.38. The quantitative estimate of drug-likeness (QED) is 0.696. The molecular weight excluding hydrogens is 292 g/mol. The maximum Gasteiger partial charge on any atom is 0.260 e. The minimum Gasteiger partial charge on any atom is -0.296 e. The number of hydrogen-bond donors (Lipinski definition) is 1. The molecule has 0 radical (unpaired) electrons. The van der Waals surface area contributed by atoms with Crippen LogP contribution in [0.2, 0.25) is 0 Å². The molecule has 0 aliphatic heterocycles. The van der Waals surface area contributed by atoms with Crippen molar-refractivity contribution in [3.8, 4) is 0 Å². The zero-order valence-corrected chi connectivity index (χ0v) is 11.4. The molecule has 2 aromatic rings. The van der Waals surface area contributed by atoms with Crippen molar-refractivity contribution in [1.82, 2.24) is 10.2 Å². The molecule has 8 heteroatoms. The van der Waals surface area contributed by atoms with Gasteiger partial charge in [0.1, 0.15) is 11.6 Å². The lowest BCUT2D eigenvalue weighted by Crippen LogP contribution is -2.13. The van der Waals surface area contributed by atoms with Crippen LogP contribution in [0.1, 0.15) is 17.3 Å². The largest absolute Gasteiger partial charge is 0.296 e. The number of halogens is 2. The first-order valence-corrected chi connectivity index (χ1v) is 7.13. The summed E-state index contributed by atoms with van der Waals surface area (Å²) in [7, 11) is 0. The predicted octanol–water partition coefficient (Wildman–Crippen LogP) is 3.18. The SMILES string of the molecule is CCSc1nnc(NC(=O)c2cc(F)ccc2F)s1. The summed E-state index contributed by atoms with van der Waals surface area (Å²) >= 11 is 2.67. The first kappa shape index (κ1) is 13.9. The normalized spacial score (nSPS) is 10.5. The van der Waals surface area contributed by atoms with E-state index in [1.807, 2.05) is 6.92 Å². The van der Waals surface area contributed by atoms with Crippen molar-refractivity contribution in [3.05, 3.63) is 35.4 Å². The molecule has 19 heavy (non-hydrogen) atoms. The highest BCUT2D eigenvalue weighted by atomic mass is 32.2. The van der Waals surface area contributed by atoms with Crippen molar-refractivity contribution in [2.45, 2.75) is 11.3 Å². The van der Waals surface area contributed by atoms with E-state index >= 15 is 0 Å². The highest BCUT2D eigenvalue weighted by molar-refractivity contribution is 8.01. The van der Waals surface area contributed by atoms with Gasteiger partial charge in [0.05, 0.1) is 5.56 Å². The van der Waals surface area contributed by atoms with Gasteiger partial charge >= 0.3 is 0 Å². The molecule has 0 saturated carbocycles. The number of carbonyl (C=O) groups excluding carboxylic acids is 1. The highest BCUT2D eigenvalue weighted by Crippen LogP contribution is 2.25. The Morgan fingerprint density at radius 3 is 2.95 bits per heavy atom. The fourth-order valence-corrected chi connectivity index (χ4v) is 2.92. The smallest absolute Gasteiger partial charge is 0.260 e. The molecule has 1 N–H and O–H groups in total. The fraction of sp³-hybridized carbons (Fsp3) is 0.182. The number of carbonyl (C=O) groups is 1. The summed E-state index contributed by atoms with van der Waals surface area (Å²) < 4.78 is 27.1. The van der Waals surface area contributed by atoms with Crippen LogP contribution in [0.3, 0.4) is 0 Å². The van der Waals surface area contributed by atoms with Gasteiger partial charge in [-0.2, -0.15) is 0 Å². The second kappa shape index (κ2) is 6.07. The molecule has 0 aliphatic rings. The van der Waals surface area contributed by atoms with Crippen LogP contribution >= 0.6 is 23.1 Å². The minimum atomic E-state index is -0.786. The van der Waals surface area contributed by atoms with Gasteiger partial charge in [0.25, 0.3) is 5.91 Å². The molecule has 0 fully saturated rings. The van der Waals surface area contributed by atoms with Crippen LogP contribution in [0.4, 0.5) is 13.9 Å². The lowest BCUT2D eigenvalue weighted by atomic mass is 10.2. The van der Waals surface area contributed by atoms with Gasteiger partial charge in [0.15, 0.2) is 4.34 Å². The van der Waals surface area contributed by atoms with Gasteiger partial charge in [-0.1, -0.05) is 30.0 Å². The zero-order chi connectivity index (χ0) is 13.8. The van der Waals surface area contributed by atoms with E-state index in [2.05, 4.69) is 15.5 Å². The Kier molecular flexibility index (Phi) is 4.43. The molecule has 0 bridgehead atoms. The molecule has 0 atom stereocenters. The number of nitrogens with zero attached hydrogens (tertiary/aromatic N) is 2. The molecule has 2 rings (SSSR count). The Morgan fingerprint density at radius 2 is 2.21 bits per heavy atom. The minimum absolute atomic E-state index is 0.254. The fourth-order valence-electron chi connectivity index (χ4n) is 1.28. The van der Waals surface area contributed by atoms with Crippen LogP contribution in [-0.2, 0) is 0 Å². The predicted molar refractivity (Wildman–Crippen MR) is 70.6 cm³/mol. The third kappa shape index (κ3) is 3.48. The number of benzene rings is 1. The van der Waals surface area contributed by atoms with Crippen LogP contribution in [0.5, 0.6) is 0 Å². The van der Waals surface area contributed by atoms with Crippen LogP contribution in [-0.4, -0.2) is 21.9 Å². The molecule has 0 spiro atoms. The molecule has 0 unspecified atom stereocenters. The Bertz CT molecular complexity index is 603. The van der Waals surface area contributed by atoms with E-state index in [9.17, 15) is 13.6 Å². The van der Waals surface area contributed by atoms with Crippen LogP contribution < -0.4 is 5.32 Å². The van der Waals surface area contributed by atoms with Crippen molar-refractivity contribution in [2.24, 2.45) is 0 Å². The summed E-state index contributed by atoms with van der Waals surface area (Å²) in [6, 6.07) is 2.70. The van der Waals surface area contributed by atoms with Crippen molar-refractivity contribution in [1.29, 1.82) is 0 Å². The van der Waals surface area contributed by atoms with Gasteiger partial charge in [-0.3, -0.25) is 10.1 Å². The number of anilines is 1. The van der Waals surface area contributed by atoms with Crippen molar-refractivity contribution in [2.75, 3.05) is 11.1 Å². The highest BCUT2D eigenvalue weighted by Gasteiger charge is 2.15. The van der Waals surface area contributed by atoms with Crippen LogP contribution in [0.15, 0.2) is 22.5 Å². The van der Waals surface area contributed by atoms with Crippen LogP contribution in [0.25, 0.3) is 0 Å². The molecule has 1 aromatic carbocycles. The number of aromatic nitrogens is 2. The van der Waals surface area contributed by atoms with Gasteiger partial charge in [-0.25, -0.2) is 8.78 Å². The Hall–Kier alpha value is -1.54. The lowest BCUT2D eigenvalue weighted by molar-refractivity contribution is 0.102. The number of nitrogens with one attached hydrogen (secondary N) is 1. The molecule has 100 valence electrons. The molecular formula is C11H9F2N3OS2. The van der Waals surface area contributed by atoms with Gasteiger partial charge in [0.2, 0.25) is 5.13 Å². The monoisotopic (exact) mass is 301 g/mol. The van der Waals surface area contributed by atoms with Gasteiger partial charge in [0, 0.05) is 0 Å². The molecule has 1 amide bonds.